The number of carboxylic acid groups (broad SMARTS) is 1. The molecular formula is C14H22N4O2. The summed E-state index contributed by atoms with van der Waals surface area (Å²) >= 11 is 0. The van der Waals surface area contributed by atoms with Crippen molar-refractivity contribution in [2.24, 2.45) is 5.92 Å². The minimum atomic E-state index is -0.656. The standard InChI is InChI=1S/C14H22N4O2/c1-10-8-11(14(19)20)5-7-17(10)9-13-16-15-12-4-2-3-6-18(12)13/h10-11H,2-9H2,1H3,(H,19,20). The third-order valence-corrected chi connectivity index (χ3v) is 4.64. The molecule has 3 rings (SSSR count). The molecule has 1 aromatic rings. The lowest BCUT2D eigenvalue weighted by Gasteiger charge is -2.36. The van der Waals surface area contributed by atoms with Gasteiger partial charge in [-0.05, 0) is 39.2 Å². The maximum atomic E-state index is 11.1. The zero-order chi connectivity index (χ0) is 14.1. The fourth-order valence-electron chi connectivity index (χ4n) is 3.35. The minimum absolute atomic E-state index is 0.187. The Bertz CT molecular complexity index is 499. The molecule has 2 unspecified atom stereocenters. The number of carbonyl (C=O) groups is 1. The molecule has 1 saturated heterocycles. The van der Waals surface area contributed by atoms with Gasteiger partial charge in [0.15, 0.2) is 0 Å². The van der Waals surface area contributed by atoms with E-state index in [2.05, 4.69) is 26.6 Å². The molecule has 0 saturated carbocycles. The van der Waals surface area contributed by atoms with Crippen molar-refractivity contribution in [3.05, 3.63) is 11.6 Å². The van der Waals surface area contributed by atoms with Gasteiger partial charge in [0.2, 0.25) is 0 Å². The highest BCUT2D eigenvalue weighted by Crippen LogP contribution is 2.25. The van der Waals surface area contributed by atoms with Crippen LogP contribution in [0.1, 0.15) is 44.3 Å². The molecule has 6 nitrogen and oxygen atoms in total. The summed E-state index contributed by atoms with van der Waals surface area (Å²) in [6.07, 6.45) is 4.91. The van der Waals surface area contributed by atoms with Crippen molar-refractivity contribution in [1.29, 1.82) is 0 Å². The van der Waals surface area contributed by atoms with Gasteiger partial charge in [-0.15, -0.1) is 10.2 Å². The van der Waals surface area contributed by atoms with Crippen LogP contribution < -0.4 is 0 Å². The Kier molecular flexibility index (Phi) is 3.74. The van der Waals surface area contributed by atoms with E-state index in [1.165, 1.54) is 12.8 Å². The van der Waals surface area contributed by atoms with Crippen LogP contribution in [0.5, 0.6) is 0 Å². The highest BCUT2D eigenvalue weighted by molar-refractivity contribution is 5.70. The molecule has 20 heavy (non-hydrogen) atoms. The number of hydrogen-bond donors (Lipinski definition) is 1. The molecule has 6 heteroatoms. The highest BCUT2D eigenvalue weighted by Gasteiger charge is 2.30. The molecule has 110 valence electrons. The Balaban J connectivity index is 1.66. The SMILES string of the molecule is CC1CC(C(=O)O)CCN1Cc1nnc2n1CCCC2. The van der Waals surface area contributed by atoms with Crippen LogP contribution in [-0.2, 0) is 24.3 Å². The van der Waals surface area contributed by atoms with Gasteiger partial charge >= 0.3 is 5.97 Å². The number of rotatable bonds is 3. The molecule has 0 amide bonds. The Morgan fingerprint density at radius 3 is 2.95 bits per heavy atom. The Morgan fingerprint density at radius 1 is 1.35 bits per heavy atom. The summed E-state index contributed by atoms with van der Waals surface area (Å²) in [6, 6.07) is 0.293. The predicted molar refractivity (Wildman–Crippen MR) is 73.2 cm³/mol. The molecule has 1 N–H and O–H groups in total. The summed E-state index contributed by atoms with van der Waals surface area (Å²) in [4.78, 5) is 13.4. The number of aliphatic carboxylic acids is 1. The maximum Gasteiger partial charge on any atom is 0.306 e. The molecular weight excluding hydrogens is 256 g/mol. The van der Waals surface area contributed by atoms with Gasteiger partial charge in [-0.1, -0.05) is 0 Å². The molecule has 2 atom stereocenters. The minimum Gasteiger partial charge on any atom is -0.481 e. The zero-order valence-electron chi connectivity index (χ0n) is 12.0. The topological polar surface area (TPSA) is 71.2 Å². The van der Waals surface area contributed by atoms with Crippen molar-refractivity contribution >= 4 is 5.97 Å². The first-order valence-electron chi connectivity index (χ1n) is 7.53. The Hall–Kier alpha value is -1.43. The number of carboxylic acids is 1. The van der Waals surface area contributed by atoms with Crippen LogP contribution in [0, 0.1) is 5.92 Å². The van der Waals surface area contributed by atoms with E-state index in [0.717, 1.165) is 50.5 Å². The number of nitrogens with zero attached hydrogens (tertiary/aromatic N) is 4. The number of aryl methyl sites for hydroxylation is 1. The van der Waals surface area contributed by atoms with Crippen LogP contribution in [0.3, 0.4) is 0 Å². The van der Waals surface area contributed by atoms with Gasteiger partial charge in [0.1, 0.15) is 11.6 Å². The first-order valence-corrected chi connectivity index (χ1v) is 7.53. The van der Waals surface area contributed by atoms with Crippen molar-refractivity contribution in [2.75, 3.05) is 6.54 Å². The first kappa shape index (κ1) is 13.5. The van der Waals surface area contributed by atoms with E-state index in [9.17, 15) is 4.79 Å². The number of likely N-dealkylation sites (tertiary alicyclic amines) is 1. The molecule has 3 heterocycles. The smallest absolute Gasteiger partial charge is 0.306 e. The molecule has 0 spiro atoms. The molecule has 2 aliphatic heterocycles. The summed E-state index contributed by atoms with van der Waals surface area (Å²) in [7, 11) is 0. The molecule has 0 radical (unpaired) electrons. The van der Waals surface area contributed by atoms with E-state index in [1.807, 2.05) is 0 Å². The highest BCUT2D eigenvalue weighted by atomic mass is 16.4. The lowest BCUT2D eigenvalue weighted by atomic mass is 9.92. The molecule has 1 fully saturated rings. The van der Waals surface area contributed by atoms with Gasteiger partial charge < -0.3 is 9.67 Å². The Morgan fingerprint density at radius 2 is 2.20 bits per heavy atom. The predicted octanol–water partition coefficient (Wildman–Crippen LogP) is 1.30. The van der Waals surface area contributed by atoms with Crippen molar-refractivity contribution in [2.45, 2.75) is 58.2 Å². The third kappa shape index (κ3) is 2.57. The second-order valence-electron chi connectivity index (χ2n) is 6.02. The molecule has 1 aromatic heterocycles. The van der Waals surface area contributed by atoms with E-state index in [0.29, 0.717) is 6.04 Å². The summed E-state index contributed by atoms with van der Waals surface area (Å²) < 4.78 is 2.25. The first-order chi connectivity index (χ1) is 9.65. The third-order valence-electron chi connectivity index (χ3n) is 4.64. The second-order valence-corrected chi connectivity index (χ2v) is 6.02. The molecule has 0 aromatic carbocycles. The lowest BCUT2D eigenvalue weighted by Crippen LogP contribution is -2.42. The summed E-state index contributed by atoms with van der Waals surface area (Å²) in [6.45, 7) is 4.76. The van der Waals surface area contributed by atoms with E-state index in [1.54, 1.807) is 0 Å². The van der Waals surface area contributed by atoms with Crippen molar-refractivity contribution in [3.8, 4) is 0 Å². The average molecular weight is 278 g/mol. The van der Waals surface area contributed by atoms with E-state index in [-0.39, 0.29) is 5.92 Å². The number of piperidine rings is 1. The fourth-order valence-corrected chi connectivity index (χ4v) is 3.35. The van der Waals surface area contributed by atoms with Gasteiger partial charge in [-0.25, -0.2) is 0 Å². The largest absolute Gasteiger partial charge is 0.481 e. The Labute approximate surface area is 118 Å². The van der Waals surface area contributed by atoms with Crippen LogP contribution in [-0.4, -0.2) is 43.3 Å². The fraction of sp³-hybridized carbons (Fsp3) is 0.786. The van der Waals surface area contributed by atoms with Crippen LogP contribution >= 0.6 is 0 Å². The van der Waals surface area contributed by atoms with E-state index < -0.39 is 5.97 Å². The second kappa shape index (κ2) is 5.52. The lowest BCUT2D eigenvalue weighted by molar-refractivity contribution is -0.144. The number of aromatic nitrogens is 3. The van der Waals surface area contributed by atoms with Crippen LogP contribution in [0.2, 0.25) is 0 Å². The van der Waals surface area contributed by atoms with E-state index >= 15 is 0 Å². The summed E-state index contributed by atoms with van der Waals surface area (Å²) in [5, 5.41) is 17.7. The van der Waals surface area contributed by atoms with Gasteiger partial charge in [0, 0.05) is 19.0 Å². The van der Waals surface area contributed by atoms with Gasteiger partial charge in [-0.3, -0.25) is 9.69 Å². The van der Waals surface area contributed by atoms with E-state index in [4.69, 9.17) is 5.11 Å². The zero-order valence-corrected chi connectivity index (χ0v) is 12.0. The van der Waals surface area contributed by atoms with Crippen molar-refractivity contribution in [3.63, 3.8) is 0 Å². The monoisotopic (exact) mass is 278 g/mol. The summed E-state index contributed by atoms with van der Waals surface area (Å²) in [5.41, 5.74) is 0. The average Bonchev–Trinajstić information content (AvgIpc) is 2.84. The molecule has 0 aliphatic carbocycles. The van der Waals surface area contributed by atoms with Gasteiger partial charge in [0.25, 0.3) is 0 Å². The number of fused-ring (bicyclic) bond motifs is 1. The molecule has 2 aliphatic rings. The molecule has 0 bridgehead atoms. The normalized spacial score (nSPS) is 27.2. The van der Waals surface area contributed by atoms with Crippen molar-refractivity contribution in [1.82, 2.24) is 19.7 Å². The maximum absolute atomic E-state index is 11.1. The van der Waals surface area contributed by atoms with Crippen LogP contribution in [0.4, 0.5) is 0 Å². The summed E-state index contributed by atoms with van der Waals surface area (Å²) in [5.74, 6) is 1.31. The van der Waals surface area contributed by atoms with Crippen LogP contribution in [0.25, 0.3) is 0 Å². The quantitative estimate of drug-likeness (QED) is 0.902. The van der Waals surface area contributed by atoms with Crippen molar-refractivity contribution < 1.29 is 9.90 Å². The van der Waals surface area contributed by atoms with Gasteiger partial charge in [-0.2, -0.15) is 0 Å². The van der Waals surface area contributed by atoms with Crippen LogP contribution in [0.15, 0.2) is 0 Å². The number of hydrogen-bond acceptors (Lipinski definition) is 4. The van der Waals surface area contributed by atoms with Gasteiger partial charge in [0.05, 0.1) is 12.5 Å².